The van der Waals surface area contributed by atoms with E-state index in [1.54, 1.807) is 37.3 Å². The van der Waals surface area contributed by atoms with Crippen LogP contribution < -0.4 is 15.8 Å². The van der Waals surface area contributed by atoms with Crippen molar-refractivity contribution in [3.05, 3.63) is 76.9 Å². The summed E-state index contributed by atoms with van der Waals surface area (Å²) in [6.07, 6.45) is 5.12. The molecule has 10 nitrogen and oxygen atoms in total. The van der Waals surface area contributed by atoms with Gasteiger partial charge in [0, 0.05) is 45.4 Å². The Morgan fingerprint density at radius 2 is 1.97 bits per heavy atom. The summed E-state index contributed by atoms with van der Waals surface area (Å²) >= 11 is 0. The van der Waals surface area contributed by atoms with Crippen molar-refractivity contribution in [2.24, 2.45) is 0 Å². The third kappa shape index (κ3) is 7.97. The van der Waals surface area contributed by atoms with Crippen LogP contribution >= 0.6 is 0 Å². The highest BCUT2D eigenvalue weighted by Gasteiger charge is 2.14. The fourth-order valence-electron chi connectivity index (χ4n) is 3.25. The average molecular weight is 537 g/mol. The zero-order chi connectivity index (χ0) is 27.7. The van der Waals surface area contributed by atoms with Gasteiger partial charge in [-0.3, -0.25) is 19.1 Å². The van der Waals surface area contributed by atoms with Gasteiger partial charge in [0.25, 0.3) is 11.8 Å². The fraction of sp³-hybridized carbons (Fsp3) is 0.222. The predicted molar refractivity (Wildman–Crippen MR) is 146 cm³/mol. The molecule has 198 valence electrons. The van der Waals surface area contributed by atoms with E-state index in [0.29, 0.717) is 29.7 Å². The first-order valence-electron chi connectivity index (χ1n) is 11.5. The zero-order valence-corrected chi connectivity index (χ0v) is 22.0. The molecule has 0 radical (unpaired) electrons. The summed E-state index contributed by atoms with van der Waals surface area (Å²) in [5.74, 6) is 4.86. The van der Waals surface area contributed by atoms with Crippen LogP contribution in [0, 0.1) is 18.8 Å². The van der Waals surface area contributed by atoms with Crippen LogP contribution in [0.1, 0.15) is 56.9 Å². The van der Waals surface area contributed by atoms with Crippen LogP contribution in [0.5, 0.6) is 0 Å². The number of furan rings is 1. The predicted octanol–water partition coefficient (Wildman–Crippen LogP) is 2.92. The number of rotatable bonds is 8. The molecular weight excluding hydrogens is 508 g/mol. The van der Waals surface area contributed by atoms with Gasteiger partial charge in [0.2, 0.25) is 0 Å². The van der Waals surface area contributed by atoms with E-state index in [0.717, 1.165) is 5.56 Å². The Kier molecular flexibility index (Phi) is 9.29. The van der Waals surface area contributed by atoms with Crippen molar-refractivity contribution in [3.63, 3.8) is 0 Å². The summed E-state index contributed by atoms with van der Waals surface area (Å²) in [5.41, 5.74) is 8.23. The third-order valence-electron chi connectivity index (χ3n) is 5.25. The smallest absolute Gasteiger partial charge is 0.305 e. The van der Waals surface area contributed by atoms with Crippen molar-refractivity contribution in [1.29, 1.82) is 0 Å². The number of methoxy groups -OCH3 is 1. The normalized spacial score (nSPS) is 11.9. The Morgan fingerprint density at radius 1 is 1.18 bits per heavy atom. The summed E-state index contributed by atoms with van der Waals surface area (Å²) in [4.78, 5) is 40.3. The van der Waals surface area contributed by atoms with Crippen LogP contribution in [0.3, 0.4) is 0 Å². The van der Waals surface area contributed by atoms with Gasteiger partial charge in [-0.25, -0.2) is 9.19 Å². The van der Waals surface area contributed by atoms with Gasteiger partial charge in [-0.1, -0.05) is 17.9 Å². The van der Waals surface area contributed by atoms with Gasteiger partial charge >= 0.3 is 5.97 Å². The van der Waals surface area contributed by atoms with E-state index < -0.39 is 15.6 Å². The van der Waals surface area contributed by atoms with Gasteiger partial charge in [-0.05, 0) is 55.5 Å². The van der Waals surface area contributed by atoms with Crippen molar-refractivity contribution < 1.29 is 27.7 Å². The molecule has 1 atom stereocenters. The van der Waals surface area contributed by atoms with Crippen LogP contribution in [0.25, 0.3) is 0 Å². The number of nitrogens with two attached hydrogens (primary N) is 1. The second-order valence-electron chi connectivity index (χ2n) is 8.34. The Balaban J connectivity index is 1.71. The molecule has 0 saturated carbocycles. The molecule has 1 unspecified atom stereocenters. The highest BCUT2D eigenvalue weighted by atomic mass is 32.2. The minimum absolute atomic E-state index is 0.124. The topological polar surface area (TPSA) is 154 Å². The van der Waals surface area contributed by atoms with Crippen LogP contribution in [-0.2, 0) is 19.2 Å². The van der Waals surface area contributed by atoms with Gasteiger partial charge in [0.15, 0.2) is 5.76 Å². The quantitative estimate of drug-likeness (QED) is 0.172. The number of esters is 1. The molecule has 0 bridgehead atoms. The molecule has 0 aliphatic heterocycles. The number of aryl methyl sites for hydroxylation is 1. The molecule has 2 amide bonds. The van der Waals surface area contributed by atoms with E-state index in [1.807, 2.05) is 0 Å². The van der Waals surface area contributed by atoms with Gasteiger partial charge < -0.3 is 20.2 Å². The number of aromatic nitrogens is 1. The monoisotopic (exact) mass is 536 g/mol. The minimum Gasteiger partial charge on any atom is -0.469 e. The molecule has 0 spiro atoms. The zero-order valence-electron chi connectivity index (χ0n) is 21.2. The largest absolute Gasteiger partial charge is 0.469 e. The van der Waals surface area contributed by atoms with E-state index in [-0.39, 0.29) is 35.4 Å². The van der Waals surface area contributed by atoms with E-state index in [9.17, 15) is 18.6 Å². The number of benzene rings is 1. The van der Waals surface area contributed by atoms with Crippen molar-refractivity contribution in [1.82, 2.24) is 9.71 Å². The molecule has 4 N–H and O–H groups in total. The van der Waals surface area contributed by atoms with Gasteiger partial charge in [-0.15, -0.1) is 0 Å². The van der Waals surface area contributed by atoms with Crippen molar-refractivity contribution in [3.8, 4) is 11.8 Å². The van der Waals surface area contributed by atoms with E-state index >= 15 is 0 Å². The maximum Gasteiger partial charge on any atom is 0.305 e. The first-order chi connectivity index (χ1) is 18.1. The second kappa shape index (κ2) is 12.6. The Labute approximate surface area is 221 Å². The first kappa shape index (κ1) is 28.0. The third-order valence-corrected chi connectivity index (χ3v) is 6.72. The standard InChI is InChI=1S/C27H28N4O6S/c1-18-12-13-37-24(18)27(34)30-22-8-6-7-19(15-22)10-11-20-16-21(17-29-25(20)28)26(33)31-38(3,35)14-5-4-9-23(32)36-2/h6-8,12-17H,4-5,9H2,1-3H3,(H2,28,29)(H,30,34)(H,31,33,35). The number of anilines is 2. The Bertz CT molecular complexity index is 1540. The molecule has 2 heterocycles. The number of nitrogen functional groups attached to an aromatic ring is 1. The van der Waals surface area contributed by atoms with E-state index in [2.05, 4.69) is 31.6 Å². The highest BCUT2D eigenvalue weighted by Crippen LogP contribution is 2.15. The van der Waals surface area contributed by atoms with Crippen LogP contribution in [-0.4, -0.2) is 45.7 Å². The number of pyridine rings is 1. The van der Waals surface area contributed by atoms with Crippen LogP contribution in [0.2, 0.25) is 0 Å². The van der Waals surface area contributed by atoms with Gasteiger partial charge in [0.05, 0.1) is 24.5 Å². The summed E-state index contributed by atoms with van der Waals surface area (Å²) < 4.78 is 25.0. The summed E-state index contributed by atoms with van der Waals surface area (Å²) in [7, 11) is -1.51. The lowest BCUT2D eigenvalue weighted by atomic mass is 10.1. The molecule has 3 aromatic rings. The first-order valence-corrected chi connectivity index (χ1v) is 13.6. The van der Waals surface area contributed by atoms with Crippen molar-refractivity contribution >= 4 is 44.4 Å². The van der Waals surface area contributed by atoms with Crippen LogP contribution in [0.4, 0.5) is 11.5 Å². The number of hydrogen-bond donors (Lipinski definition) is 3. The van der Waals surface area contributed by atoms with Gasteiger partial charge in [0.1, 0.15) is 5.82 Å². The van der Waals surface area contributed by atoms with Crippen molar-refractivity contribution in [2.45, 2.75) is 26.2 Å². The highest BCUT2D eigenvalue weighted by molar-refractivity contribution is 7.99. The number of nitrogens with one attached hydrogen (secondary N) is 2. The number of ether oxygens (including phenoxy) is 1. The lowest BCUT2D eigenvalue weighted by Crippen LogP contribution is -2.31. The SMILES string of the molecule is COC(=O)CCCC=S(C)(=O)NC(=O)c1cnc(N)c(C#Cc2cccc(NC(=O)c3occc3C)c2)c1. The number of carbonyl (C=O) groups is 3. The van der Waals surface area contributed by atoms with Crippen LogP contribution in [0.15, 0.2) is 53.3 Å². The summed E-state index contributed by atoms with van der Waals surface area (Å²) in [5, 5.41) is 4.23. The molecular formula is C27H28N4O6S. The maximum atomic E-state index is 12.7. The average Bonchev–Trinajstić information content (AvgIpc) is 3.31. The number of nitrogens with zero attached hydrogens (tertiary/aromatic N) is 1. The lowest BCUT2D eigenvalue weighted by Gasteiger charge is -2.09. The number of unbranched alkanes of at least 4 members (excludes halogenated alkanes) is 1. The fourth-order valence-corrected chi connectivity index (χ4v) is 4.43. The molecule has 11 heteroatoms. The number of hydrogen-bond acceptors (Lipinski definition) is 8. The summed E-state index contributed by atoms with van der Waals surface area (Å²) in [6.45, 7) is 1.78. The minimum atomic E-state index is -2.81. The molecule has 0 saturated heterocycles. The molecule has 3 rings (SSSR count). The molecule has 2 aromatic heterocycles. The molecule has 0 aliphatic carbocycles. The second-order valence-corrected chi connectivity index (χ2v) is 10.7. The maximum absolute atomic E-state index is 12.7. The van der Waals surface area contributed by atoms with Crippen molar-refractivity contribution in [2.75, 3.05) is 24.4 Å². The number of carbonyl (C=O) groups excluding carboxylic acids is 3. The molecule has 0 fully saturated rings. The van der Waals surface area contributed by atoms with E-state index in [4.69, 9.17) is 10.2 Å². The Hall–Kier alpha value is -4.56. The van der Waals surface area contributed by atoms with E-state index in [1.165, 1.54) is 37.3 Å². The molecule has 0 aliphatic rings. The molecule has 38 heavy (non-hydrogen) atoms. The summed E-state index contributed by atoms with van der Waals surface area (Å²) in [6, 6.07) is 10.1. The van der Waals surface area contributed by atoms with Gasteiger partial charge in [-0.2, -0.15) is 0 Å². The number of amides is 2. The lowest BCUT2D eigenvalue weighted by molar-refractivity contribution is -0.140. The Morgan fingerprint density at radius 3 is 2.68 bits per heavy atom. The molecule has 1 aromatic carbocycles.